The molecule has 0 saturated carbocycles. The van der Waals surface area contributed by atoms with E-state index in [0.29, 0.717) is 21.9 Å². The van der Waals surface area contributed by atoms with Crippen molar-refractivity contribution in [2.24, 2.45) is 4.36 Å². The molecule has 0 bridgehead atoms. The second-order valence-corrected chi connectivity index (χ2v) is 9.76. The lowest BCUT2D eigenvalue weighted by Crippen LogP contribution is -2.04. The first kappa shape index (κ1) is 21.3. The minimum absolute atomic E-state index is 0.123. The molecule has 3 aromatic heterocycles. The SMILES string of the molecule is CS(=O)(Cc1cn2cc(-c3noc(C(F)(F)F)n3)ccc2n1)=NCc1ccc(Cl)cc1. The van der Waals surface area contributed by atoms with Gasteiger partial charge in [-0.25, -0.2) is 13.6 Å². The summed E-state index contributed by atoms with van der Waals surface area (Å²) >= 11 is 5.86. The van der Waals surface area contributed by atoms with Gasteiger partial charge >= 0.3 is 12.1 Å². The Labute approximate surface area is 180 Å². The summed E-state index contributed by atoms with van der Waals surface area (Å²) in [6.07, 6.45) is 0.00839. The molecule has 0 saturated heterocycles. The maximum Gasteiger partial charge on any atom is 0.471 e. The van der Waals surface area contributed by atoms with Crippen molar-refractivity contribution in [3.05, 3.63) is 71.0 Å². The van der Waals surface area contributed by atoms with Gasteiger partial charge in [0.25, 0.3) is 0 Å². The van der Waals surface area contributed by atoms with Crippen molar-refractivity contribution in [1.29, 1.82) is 0 Å². The van der Waals surface area contributed by atoms with Gasteiger partial charge in [-0.05, 0) is 29.8 Å². The van der Waals surface area contributed by atoms with Crippen molar-refractivity contribution in [2.75, 3.05) is 6.26 Å². The Morgan fingerprint density at radius 2 is 1.87 bits per heavy atom. The molecule has 0 N–H and O–H groups in total. The monoisotopic (exact) mass is 469 g/mol. The number of hydrogen-bond donors (Lipinski definition) is 0. The van der Waals surface area contributed by atoms with E-state index in [1.165, 1.54) is 12.3 Å². The van der Waals surface area contributed by atoms with E-state index in [2.05, 4.69) is 24.0 Å². The molecule has 0 fully saturated rings. The average molecular weight is 470 g/mol. The Hall–Kier alpha value is -2.92. The lowest BCUT2D eigenvalue weighted by Gasteiger charge is -2.02. The molecule has 1 aromatic carbocycles. The topological polar surface area (TPSA) is 85.7 Å². The zero-order valence-electron chi connectivity index (χ0n) is 16.0. The van der Waals surface area contributed by atoms with Crippen LogP contribution in [0.25, 0.3) is 17.0 Å². The quantitative estimate of drug-likeness (QED) is 0.417. The van der Waals surface area contributed by atoms with Gasteiger partial charge in [0.2, 0.25) is 5.82 Å². The Morgan fingerprint density at radius 3 is 2.55 bits per heavy atom. The summed E-state index contributed by atoms with van der Waals surface area (Å²) in [4.78, 5) is 7.78. The van der Waals surface area contributed by atoms with Crippen LogP contribution in [0.3, 0.4) is 0 Å². The first-order valence-corrected chi connectivity index (χ1v) is 11.3. The molecule has 3 heterocycles. The predicted molar refractivity (Wildman–Crippen MR) is 109 cm³/mol. The lowest BCUT2D eigenvalue weighted by molar-refractivity contribution is -0.159. The van der Waals surface area contributed by atoms with Crippen LogP contribution in [0.2, 0.25) is 5.02 Å². The van der Waals surface area contributed by atoms with Crippen LogP contribution in [-0.2, 0) is 28.2 Å². The van der Waals surface area contributed by atoms with Crippen LogP contribution in [0.5, 0.6) is 0 Å². The van der Waals surface area contributed by atoms with E-state index in [1.54, 1.807) is 35.1 Å². The summed E-state index contributed by atoms with van der Waals surface area (Å²) < 4.78 is 61.1. The van der Waals surface area contributed by atoms with Crippen molar-refractivity contribution < 1.29 is 21.9 Å². The molecule has 4 aromatic rings. The molecule has 4 rings (SSSR count). The number of alkyl halides is 3. The second kappa shape index (κ2) is 7.97. The molecule has 31 heavy (non-hydrogen) atoms. The number of nitrogens with zero attached hydrogens (tertiary/aromatic N) is 5. The zero-order valence-corrected chi connectivity index (χ0v) is 17.6. The zero-order chi connectivity index (χ0) is 22.2. The largest absolute Gasteiger partial charge is 0.471 e. The van der Waals surface area contributed by atoms with Gasteiger partial charge in [-0.3, -0.25) is 0 Å². The molecular formula is C19H15ClF3N5O2S. The van der Waals surface area contributed by atoms with E-state index in [1.807, 2.05) is 12.1 Å². The third-order valence-corrected chi connectivity index (χ3v) is 6.04. The molecule has 12 heteroatoms. The normalized spacial score (nSPS) is 14.0. The van der Waals surface area contributed by atoms with Crippen molar-refractivity contribution in [2.45, 2.75) is 18.5 Å². The van der Waals surface area contributed by atoms with Crippen LogP contribution in [0, 0.1) is 0 Å². The molecule has 1 unspecified atom stereocenters. The highest BCUT2D eigenvalue weighted by Gasteiger charge is 2.38. The average Bonchev–Trinajstić information content (AvgIpc) is 3.33. The molecule has 7 nitrogen and oxygen atoms in total. The minimum Gasteiger partial charge on any atom is -0.329 e. The lowest BCUT2D eigenvalue weighted by atomic mass is 10.2. The van der Waals surface area contributed by atoms with Crippen molar-refractivity contribution >= 4 is 27.0 Å². The Bertz CT molecular complexity index is 1360. The molecule has 0 aliphatic rings. The fourth-order valence-corrected chi connectivity index (χ4v) is 4.15. The van der Waals surface area contributed by atoms with Gasteiger partial charge < -0.3 is 8.92 Å². The third kappa shape index (κ3) is 5.05. The summed E-state index contributed by atoms with van der Waals surface area (Å²) in [5.74, 6) is -1.48. The highest BCUT2D eigenvalue weighted by Crippen LogP contribution is 2.29. The summed E-state index contributed by atoms with van der Waals surface area (Å²) in [6, 6.07) is 10.2. The van der Waals surface area contributed by atoms with E-state index in [-0.39, 0.29) is 18.1 Å². The van der Waals surface area contributed by atoms with E-state index in [4.69, 9.17) is 11.6 Å². The first-order valence-electron chi connectivity index (χ1n) is 8.88. The molecule has 0 amide bonds. The van der Waals surface area contributed by atoms with Crippen molar-refractivity contribution in [3.8, 4) is 11.4 Å². The van der Waals surface area contributed by atoms with E-state index >= 15 is 0 Å². The fourth-order valence-electron chi connectivity index (χ4n) is 2.82. The van der Waals surface area contributed by atoms with Crippen LogP contribution in [0.1, 0.15) is 17.1 Å². The standard InChI is InChI=1S/C19H15ClF3N5O2S/c1-31(29,24-8-12-2-5-14(20)6-3-12)11-15-10-28-9-13(4-7-16(28)25-15)17-26-18(30-27-17)19(21,22)23/h2-7,9-10H,8,11H2,1H3. The summed E-state index contributed by atoms with van der Waals surface area (Å²) in [6.45, 7) is 0.281. The first-order chi connectivity index (χ1) is 14.6. The van der Waals surface area contributed by atoms with Gasteiger partial charge in [0, 0.05) is 39.0 Å². The minimum atomic E-state index is -4.71. The highest BCUT2D eigenvalue weighted by molar-refractivity contribution is 7.92. The number of hydrogen-bond acceptors (Lipinski definition) is 6. The summed E-state index contributed by atoms with van der Waals surface area (Å²) in [7, 11) is -2.56. The van der Waals surface area contributed by atoms with Gasteiger partial charge in [-0.15, -0.1) is 0 Å². The van der Waals surface area contributed by atoms with Gasteiger partial charge in [-0.2, -0.15) is 18.2 Å². The smallest absolute Gasteiger partial charge is 0.329 e. The fraction of sp³-hybridized carbons (Fsp3) is 0.211. The number of benzene rings is 1. The van der Waals surface area contributed by atoms with E-state index in [9.17, 15) is 17.4 Å². The number of pyridine rings is 1. The van der Waals surface area contributed by atoms with Gasteiger partial charge in [0.15, 0.2) is 0 Å². The Balaban J connectivity index is 1.55. The van der Waals surface area contributed by atoms with Crippen LogP contribution in [0.15, 0.2) is 57.7 Å². The Morgan fingerprint density at radius 1 is 1.13 bits per heavy atom. The van der Waals surface area contributed by atoms with Gasteiger partial charge in [0.05, 0.1) is 18.0 Å². The van der Waals surface area contributed by atoms with Crippen LogP contribution in [0.4, 0.5) is 13.2 Å². The van der Waals surface area contributed by atoms with Crippen molar-refractivity contribution in [3.63, 3.8) is 0 Å². The molecule has 0 aliphatic heterocycles. The molecular weight excluding hydrogens is 455 g/mol. The summed E-state index contributed by atoms with van der Waals surface area (Å²) in [5, 5.41) is 3.99. The van der Waals surface area contributed by atoms with Crippen LogP contribution < -0.4 is 0 Å². The molecule has 1 atom stereocenters. The van der Waals surface area contributed by atoms with Crippen molar-refractivity contribution in [1.82, 2.24) is 19.5 Å². The molecule has 0 aliphatic carbocycles. The summed E-state index contributed by atoms with van der Waals surface area (Å²) in [5.41, 5.74) is 2.28. The second-order valence-electron chi connectivity index (χ2n) is 6.85. The number of fused-ring (bicyclic) bond motifs is 1. The third-order valence-electron chi connectivity index (χ3n) is 4.28. The van der Waals surface area contributed by atoms with Gasteiger partial charge in [-0.1, -0.05) is 28.9 Å². The van der Waals surface area contributed by atoms with Crippen LogP contribution in [-0.4, -0.2) is 30.0 Å². The highest BCUT2D eigenvalue weighted by atomic mass is 35.5. The number of imidazole rings is 1. The molecule has 0 radical (unpaired) electrons. The van der Waals surface area contributed by atoms with Gasteiger partial charge in [0.1, 0.15) is 5.65 Å². The Kier molecular flexibility index (Phi) is 5.48. The van der Waals surface area contributed by atoms with E-state index < -0.39 is 21.8 Å². The van der Waals surface area contributed by atoms with Crippen LogP contribution >= 0.6 is 11.6 Å². The maximum atomic E-state index is 12.9. The number of halogens is 4. The number of aromatic nitrogens is 4. The van der Waals surface area contributed by atoms with E-state index in [0.717, 1.165) is 5.56 Å². The maximum absolute atomic E-state index is 12.9. The molecule has 0 spiro atoms. The number of rotatable bonds is 5. The predicted octanol–water partition coefficient (Wildman–Crippen LogP) is 4.85. The molecule has 162 valence electrons.